The maximum atomic E-state index is 11.7. The molecule has 2 aliphatic rings. The minimum atomic E-state index is -0.291. The molecule has 2 aliphatic carbocycles. The third-order valence-electron chi connectivity index (χ3n) is 3.29. The van der Waals surface area contributed by atoms with Crippen LogP contribution in [0.25, 0.3) is 5.53 Å². The maximum Gasteiger partial charge on any atom is 0.400 e. The molecule has 0 heterocycles. The van der Waals surface area contributed by atoms with Crippen molar-refractivity contribution in [1.82, 2.24) is 0 Å². The molecule has 2 unspecified atom stereocenters. The van der Waals surface area contributed by atoms with Gasteiger partial charge in [0.15, 0.2) is 0 Å². The number of rotatable bonds is 0. The first-order chi connectivity index (χ1) is 6.74. The molecule has 0 aromatic carbocycles. The van der Waals surface area contributed by atoms with Crippen LogP contribution in [0, 0.1) is 11.8 Å². The van der Waals surface area contributed by atoms with Crippen LogP contribution in [0.15, 0.2) is 0 Å². The summed E-state index contributed by atoms with van der Waals surface area (Å²) in [6, 6.07) is 0. The van der Waals surface area contributed by atoms with Gasteiger partial charge in [0.25, 0.3) is 5.78 Å². The highest BCUT2D eigenvalue weighted by Gasteiger charge is 2.46. The van der Waals surface area contributed by atoms with E-state index < -0.39 is 0 Å². The Morgan fingerprint density at radius 3 is 2.64 bits per heavy atom. The zero-order valence-electron chi connectivity index (χ0n) is 7.90. The molecule has 0 bridgehead atoms. The highest BCUT2D eigenvalue weighted by Crippen LogP contribution is 2.36. The van der Waals surface area contributed by atoms with Gasteiger partial charge in [-0.15, -0.1) is 0 Å². The molecule has 4 nitrogen and oxygen atoms in total. The average Bonchev–Trinajstić information content (AvgIpc) is 2.18. The van der Waals surface area contributed by atoms with Gasteiger partial charge in [-0.05, 0) is 18.8 Å². The van der Waals surface area contributed by atoms with Crippen LogP contribution in [0.4, 0.5) is 0 Å². The van der Waals surface area contributed by atoms with Gasteiger partial charge in [-0.1, -0.05) is 12.8 Å². The molecule has 2 saturated carbocycles. The number of Topliss-reactive ketones (excluding diaryl/α,β-unsaturated/α-hetero) is 2. The van der Waals surface area contributed by atoms with E-state index >= 15 is 0 Å². The summed E-state index contributed by atoms with van der Waals surface area (Å²) < 4.78 is 0. The van der Waals surface area contributed by atoms with Crippen LogP contribution in [0.2, 0.25) is 0 Å². The predicted molar refractivity (Wildman–Crippen MR) is 48.7 cm³/mol. The minimum Gasteiger partial charge on any atom is -0.360 e. The van der Waals surface area contributed by atoms with Crippen LogP contribution in [-0.4, -0.2) is 22.1 Å². The summed E-state index contributed by atoms with van der Waals surface area (Å²) in [6.07, 6.45) is 4.33. The quantitative estimate of drug-likeness (QED) is 0.424. The third-order valence-corrected chi connectivity index (χ3v) is 3.29. The Morgan fingerprint density at radius 2 is 1.93 bits per heavy atom. The molecule has 4 heteroatoms. The van der Waals surface area contributed by atoms with Crippen LogP contribution in [0.3, 0.4) is 0 Å². The second kappa shape index (κ2) is 3.46. The lowest BCUT2D eigenvalue weighted by Gasteiger charge is -2.31. The Hall–Kier alpha value is -1.28. The van der Waals surface area contributed by atoms with Gasteiger partial charge in [0.2, 0.25) is 5.78 Å². The normalized spacial score (nSPS) is 32.4. The number of fused-ring (bicyclic) bond motifs is 1. The van der Waals surface area contributed by atoms with E-state index in [1.807, 2.05) is 0 Å². The Balaban J connectivity index is 2.29. The third kappa shape index (κ3) is 1.32. The van der Waals surface area contributed by atoms with Crippen molar-refractivity contribution in [2.45, 2.75) is 32.1 Å². The summed E-state index contributed by atoms with van der Waals surface area (Å²) in [6.45, 7) is 0. The highest BCUT2D eigenvalue weighted by molar-refractivity contribution is 6.65. The van der Waals surface area contributed by atoms with Gasteiger partial charge in [0.05, 0.1) is 0 Å². The van der Waals surface area contributed by atoms with E-state index in [0.29, 0.717) is 6.42 Å². The van der Waals surface area contributed by atoms with E-state index in [9.17, 15) is 9.59 Å². The van der Waals surface area contributed by atoms with Crippen molar-refractivity contribution in [2.75, 3.05) is 0 Å². The molecular formula is C10H12N2O2. The van der Waals surface area contributed by atoms with Gasteiger partial charge in [-0.2, -0.15) is 4.79 Å². The van der Waals surface area contributed by atoms with Crippen LogP contribution >= 0.6 is 0 Å². The van der Waals surface area contributed by atoms with Gasteiger partial charge in [-0.25, -0.2) is 0 Å². The molecule has 0 radical (unpaired) electrons. The lowest BCUT2D eigenvalue weighted by atomic mass is 9.69. The zero-order chi connectivity index (χ0) is 10.1. The first-order valence-corrected chi connectivity index (χ1v) is 5.03. The molecule has 14 heavy (non-hydrogen) atoms. The molecule has 0 N–H and O–H groups in total. The fourth-order valence-corrected chi connectivity index (χ4v) is 2.55. The number of carbonyl (C=O) groups is 2. The van der Waals surface area contributed by atoms with Crippen LogP contribution in [0.5, 0.6) is 0 Å². The van der Waals surface area contributed by atoms with Crippen molar-refractivity contribution in [3.63, 3.8) is 0 Å². The summed E-state index contributed by atoms with van der Waals surface area (Å²) in [5.41, 5.74) is 8.34. The lowest BCUT2D eigenvalue weighted by molar-refractivity contribution is -0.132. The summed E-state index contributed by atoms with van der Waals surface area (Å²) in [7, 11) is 0. The Labute approximate surface area is 81.9 Å². The van der Waals surface area contributed by atoms with Gasteiger partial charge in [-0.3, -0.25) is 9.59 Å². The molecule has 0 amide bonds. The summed E-state index contributed by atoms with van der Waals surface area (Å²) in [5, 5.41) is 0. The highest BCUT2D eigenvalue weighted by atomic mass is 16.2. The molecule has 0 saturated heterocycles. The van der Waals surface area contributed by atoms with Gasteiger partial charge < -0.3 is 5.53 Å². The Morgan fingerprint density at radius 1 is 1.21 bits per heavy atom. The topological polar surface area (TPSA) is 70.5 Å². The van der Waals surface area contributed by atoms with Crippen molar-refractivity contribution >= 4 is 17.3 Å². The van der Waals surface area contributed by atoms with Crippen molar-refractivity contribution in [3.8, 4) is 0 Å². The molecule has 0 aliphatic heterocycles. The Bertz CT molecular complexity index is 342. The van der Waals surface area contributed by atoms with Gasteiger partial charge in [0.1, 0.15) is 0 Å². The maximum absolute atomic E-state index is 11.7. The second-order valence-corrected chi connectivity index (χ2v) is 4.09. The summed E-state index contributed by atoms with van der Waals surface area (Å²) in [5.74, 6) is -0.393. The molecule has 74 valence electrons. The molecular weight excluding hydrogens is 180 g/mol. The monoisotopic (exact) mass is 192 g/mol. The number of ketones is 2. The largest absolute Gasteiger partial charge is 0.400 e. The molecule has 0 aromatic heterocycles. The second-order valence-electron chi connectivity index (χ2n) is 4.09. The molecule has 0 spiro atoms. The van der Waals surface area contributed by atoms with E-state index in [0.717, 1.165) is 25.7 Å². The van der Waals surface area contributed by atoms with E-state index in [1.54, 1.807) is 0 Å². The zero-order valence-corrected chi connectivity index (χ0v) is 7.90. The number of nitrogens with zero attached hydrogens (tertiary/aromatic N) is 2. The fourth-order valence-electron chi connectivity index (χ4n) is 2.55. The van der Waals surface area contributed by atoms with E-state index in [1.165, 1.54) is 0 Å². The SMILES string of the molecule is [N-]=[N+]=C1C(=O)CC2CCCCC2C1=O. The average molecular weight is 192 g/mol. The summed E-state index contributed by atoms with van der Waals surface area (Å²) >= 11 is 0. The van der Waals surface area contributed by atoms with Gasteiger partial charge in [0, 0.05) is 12.3 Å². The number of carbonyl (C=O) groups excluding carboxylic acids is 2. The standard InChI is InChI=1S/C10H12N2O2/c11-12-9-8(13)5-6-3-1-2-4-7(6)10(9)14/h6-7H,1-5H2. The van der Waals surface area contributed by atoms with Crippen LogP contribution in [-0.2, 0) is 9.59 Å². The molecule has 2 rings (SSSR count). The van der Waals surface area contributed by atoms with Crippen molar-refractivity contribution in [1.29, 1.82) is 0 Å². The molecule has 2 atom stereocenters. The molecule has 2 fully saturated rings. The van der Waals surface area contributed by atoms with Crippen molar-refractivity contribution in [2.24, 2.45) is 11.8 Å². The lowest BCUT2D eigenvalue weighted by Crippen LogP contribution is -2.43. The molecule has 0 aromatic rings. The van der Waals surface area contributed by atoms with Crippen LogP contribution < -0.4 is 0 Å². The predicted octanol–water partition coefficient (Wildman–Crippen LogP) is 1.01. The van der Waals surface area contributed by atoms with Crippen molar-refractivity contribution in [3.05, 3.63) is 5.53 Å². The van der Waals surface area contributed by atoms with E-state index in [4.69, 9.17) is 5.53 Å². The fraction of sp³-hybridized carbons (Fsp3) is 0.700. The van der Waals surface area contributed by atoms with Crippen LogP contribution in [0.1, 0.15) is 32.1 Å². The minimum absolute atomic E-state index is 0.0626. The smallest absolute Gasteiger partial charge is 0.360 e. The van der Waals surface area contributed by atoms with Crippen molar-refractivity contribution < 1.29 is 14.4 Å². The number of hydrogen-bond acceptors (Lipinski definition) is 2. The number of hydrogen-bond donors (Lipinski definition) is 0. The first kappa shape index (κ1) is 9.28. The first-order valence-electron chi connectivity index (χ1n) is 5.03. The van der Waals surface area contributed by atoms with E-state index in [-0.39, 0.29) is 29.1 Å². The summed E-state index contributed by atoms with van der Waals surface area (Å²) in [4.78, 5) is 25.9. The Kier molecular flexibility index (Phi) is 2.30. The van der Waals surface area contributed by atoms with Gasteiger partial charge >= 0.3 is 5.71 Å². The van der Waals surface area contributed by atoms with E-state index in [2.05, 4.69) is 4.79 Å².